The van der Waals surface area contributed by atoms with Gasteiger partial charge in [-0.15, -0.1) is 0 Å². The van der Waals surface area contributed by atoms with Gasteiger partial charge in [-0.1, -0.05) is 13.0 Å². The molecule has 2 amide bonds. The SMILES string of the molecule is CCc1cc(CC(=O)N2CCN(C(C)(C)C(N)=O)CC2)cc([N+](=O)[O-])c1. The maximum Gasteiger partial charge on any atom is 0.269 e. The second-order valence-corrected chi connectivity index (χ2v) is 7.09. The highest BCUT2D eigenvalue weighted by Crippen LogP contribution is 2.20. The van der Waals surface area contributed by atoms with E-state index in [1.54, 1.807) is 24.8 Å². The number of amides is 2. The van der Waals surface area contributed by atoms with Gasteiger partial charge in [0, 0.05) is 38.3 Å². The van der Waals surface area contributed by atoms with Crippen LogP contribution in [-0.4, -0.2) is 58.3 Å². The van der Waals surface area contributed by atoms with Crippen molar-refractivity contribution in [1.29, 1.82) is 0 Å². The lowest BCUT2D eigenvalue weighted by molar-refractivity contribution is -0.385. The number of nitrogens with two attached hydrogens (primary N) is 1. The standard InChI is InChI=1S/C18H26N4O4/c1-4-13-9-14(11-15(10-13)22(25)26)12-16(23)20-5-7-21(8-6-20)18(2,3)17(19)24/h9-11H,4-8,12H2,1-3H3,(H2,19,24). The number of benzene rings is 1. The number of aryl methyl sites for hydroxylation is 1. The van der Waals surface area contributed by atoms with Gasteiger partial charge in [-0.2, -0.15) is 0 Å². The molecule has 0 unspecified atom stereocenters. The molecule has 2 rings (SSSR count). The van der Waals surface area contributed by atoms with E-state index < -0.39 is 10.5 Å². The van der Waals surface area contributed by atoms with Crippen molar-refractivity contribution in [2.24, 2.45) is 5.73 Å². The highest BCUT2D eigenvalue weighted by atomic mass is 16.6. The van der Waals surface area contributed by atoms with E-state index in [0.29, 0.717) is 38.2 Å². The monoisotopic (exact) mass is 362 g/mol. The highest BCUT2D eigenvalue weighted by molar-refractivity contribution is 5.83. The number of carbonyl (C=O) groups excluding carboxylic acids is 2. The Hall–Kier alpha value is -2.48. The summed E-state index contributed by atoms with van der Waals surface area (Å²) in [5.41, 5.74) is 6.21. The van der Waals surface area contributed by atoms with Crippen molar-refractivity contribution < 1.29 is 14.5 Å². The first-order valence-electron chi connectivity index (χ1n) is 8.75. The fourth-order valence-corrected chi connectivity index (χ4v) is 3.11. The first-order chi connectivity index (χ1) is 12.1. The van der Waals surface area contributed by atoms with Gasteiger partial charge in [0.15, 0.2) is 0 Å². The fourth-order valence-electron chi connectivity index (χ4n) is 3.11. The molecule has 0 bridgehead atoms. The first kappa shape index (κ1) is 19.8. The minimum Gasteiger partial charge on any atom is -0.368 e. The first-order valence-corrected chi connectivity index (χ1v) is 8.75. The molecule has 8 heteroatoms. The Balaban J connectivity index is 2.03. The van der Waals surface area contributed by atoms with E-state index in [-0.39, 0.29) is 23.9 Å². The van der Waals surface area contributed by atoms with Crippen molar-refractivity contribution in [3.8, 4) is 0 Å². The summed E-state index contributed by atoms with van der Waals surface area (Å²) in [6.45, 7) is 7.62. The number of piperazine rings is 1. The third-order valence-electron chi connectivity index (χ3n) is 5.04. The molecule has 142 valence electrons. The molecule has 0 radical (unpaired) electrons. The number of nitrogens with zero attached hydrogens (tertiary/aromatic N) is 3. The molecular formula is C18H26N4O4. The van der Waals surface area contributed by atoms with Gasteiger partial charge in [0.1, 0.15) is 0 Å². The predicted molar refractivity (Wildman–Crippen MR) is 97.6 cm³/mol. The Bertz CT molecular complexity index is 709. The molecule has 2 N–H and O–H groups in total. The third-order valence-corrected chi connectivity index (χ3v) is 5.04. The van der Waals surface area contributed by atoms with Crippen LogP contribution in [0.2, 0.25) is 0 Å². The summed E-state index contributed by atoms with van der Waals surface area (Å²) in [5.74, 6) is -0.454. The molecule has 1 aromatic rings. The van der Waals surface area contributed by atoms with Crippen LogP contribution < -0.4 is 5.73 Å². The van der Waals surface area contributed by atoms with Crippen molar-refractivity contribution in [2.75, 3.05) is 26.2 Å². The lowest BCUT2D eigenvalue weighted by Crippen LogP contribution is -2.60. The minimum atomic E-state index is -0.745. The van der Waals surface area contributed by atoms with Crippen LogP contribution in [0.15, 0.2) is 18.2 Å². The quantitative estimate of drug-likeness (QED) is 0.602. The molecule has 8 nitrogen and oxygen atoms in total. The molecule has 1 aliphatic heterocycles. The summed E-state index contributed by atoms with van der Waals surface area (Å²) in [6.07, 6.45) is 0.803. The van der Waals surface area contributed by atoms with Gasteiger partial charge in [-0.05, 0) is 31.4 Å². The van der Waals surface area contributed by atoms with Crippen molar-refractivity contribution in [2.45, 2.75) is 39.2 Å². The van der Waals surface area contributed by atoms with Crippen LogP contribution in [0.1, 0.15) is 31.9 Å². The fraction of sp³-hybridized carbons (Fsp3) is 0.556. The van der Waals surface area contributed by atoms with Crippen LogP contribution in [-0.2, 0) is 22.4 Å². The zero-order chi connectivity index (χ0) is 19.5. The number of hydrogen-bond acceptors (Lipinski definition) is 5. The molecule has 26 heavy (non-hydrogen) atoms. The lowest BCUT2D eigenvalue weighted by atomic mass is 10.0. The van der Waals surface area contributed by atoms with Gasteiger partial charge in [0.25, 0.3) is 5.69 Å². The van der Waals surface area contributed by atoms with Crippen molar-refractivity contribution in [1.82, 2.24) is 9.80 Å². The van der Waals surface area contributed by atoms with Crippen LogP contribution in [0.25, 0.3) is 0 Å². The van der Waals surface area contributed by atoms with Gasteiger partial charge < -0.3 is 10.6 Å². The Morgan fingerprint density at radius 1 is 1.15 bits per heavy atom. The smallest absolute Gasteiger partial charge is 0.269 e. The van der Waals surface area contributed by atoms with Crippen LogP contribution >= 0.6 is 0 Å². The molecule has 1 heterocycles. The predicted octanol–water partition coefficient (Wildman–Crippen LogP) is 1.11. The molecule has 1 aromatic carbocycles. The maximum absolute atomic E-state index is 12.6. The summed E-state index contributed by atoms with van der Waals surface area (Å²) >= 11 is 0. The molecule has 1 aliphatic rings. The lowest BCUT2D eigenvalue weighted by Gasteiger charge is -2.42. The molecule has 1 fully saturated rings. The Kier molecular flexibility index (Phi) is 5.97. The maximum atomic E-state index is 12.6. The molecule has 1 saturated heterocycles. The van der Waals surface area contributed by atoms with Crippen molar-refractivity contribution >= 4 is 17.5 Å². The van der Waals surface area contributed by atoms with Crippen LogP contribution in [0.5, 0.6) is 0 Å². The summed E-state index contributed by atoms with van der Waals surface area (Å²) < 4.78 is 0. The van der Waals surface area contributed by atoms with E-state index in [1.807, 2.05) is 17.9 Å². The number of hydrogen-bond donors (Lipinski definition) is 1. The molecule has 0 aliphatic carbocycles. The number of non-ortho nitro benzene ring substituents is 1. The van der Waals surface area contributed by atoms with E-state index in [4.69, 9.17) is 5.73 Å². The zero-order valence-corrected chi connectivity index (χ0v) is 15.5. The van der Waals surface area contributed by atoms with Gasteiger partial charge >= 0.3 is 0 Å². The number of carbonyl (C=O) groups is 2. The van der Waals surface area contributed by atoms with Gasteiger partial charge in [0.2, 0.25) is 11.8 Å². The Morgan fingerprint density at radius 3 is 2.23 bits per heavy atom. The van der Waals surface area contributed by atoms with Crippen LogP contribution in [0, 0.1) is 10.1 Å². The zero-order valence-electron chi connectivity index (χ0n) is 15.5. The summed E-state index contributed by atoms with van der Waals surface area (Å²) in [6, 6.07) is 4.85. The van der Waals surface area contributed by atoms with Gasteiger partial charge in [-0.25, -0.2) is 0 Å². The topological polar surface area (TPSA) is 110 Å². The van der Waals surface area contributed by atoms with E-state index in [2.05, 4.69) is 0 Å². The van der Waals surface area contributed by atoms with Crippen LogP contribution in [0.3, 0.4) is 0 Å². The molecular weight excluding hydrogens is 336 g/mol. The van der Waals surface area contributed by atoms with E-state index >= 15 is 0 Å². The average molecular weight is 362 g/mol. The van der Waals surface area contributed by atoms with Crippen molar-refractivity contribution in [3.63, 3.8) is 0 Å². The molecule has 0 aromatic heterocycles. The number of rotatable bonds is 6. The summed E-state index contributed by atoms with van der Waals surface area (Å²) in [7, 11) is 0. The summed E-state index contributed by atoms with van der Waals surface area (Å²) in [4.78, 5) is 38.5. The molecule has 0 atom stereocenters. The number of nitro benzene ring substituents is 1. The Labute approximate surface area is 153 Å². The van der Waals surface area contributed by atoms with E-state index in [9.17, 15) is 19.7 Å². The van der Waals surface area contributed by atoms with Crippen molar-refractivity contribution in [3.05, 3.63) is 39.4 Å². The summed E-state index contributed by atoms with van der Waals surface area (Å²) in [5, 5.41) is 11.1. The molecule has 0 saturated carbocycles. The second-order valence-electron chi connectivity index (χ2n) is 7.09. The van der Waals surface area contributed by atoms with E-state index in [1.165, 1.54) is 6.07 Å². The average Bonchev–Trinajstić information content (AvgIpc) is 2.61. The van der Waals surface area contributed by atoms with E-state index in [0.717, 1.165) is 5.56 Å². The Morgan fingerprint density at radius 2 is 1.73 bits per heavy atom. The van der Waals surface area contributed by atoms with Crippen LogP contribution in [0.4, 0.5) is 5.69 Å². The highest BCUT2D eigenvalue weighted by Gasteiger charge is 2.35. The minimum absolute atomic E-state index is 0.0141. The number of primary amides is 1. The van der Waals surface area contributed by atoms with Gasteiger partial charge in [0.05, 0.1) is 16.9 Å². The van der Waals surface area contributed by atoms with Gasteiger partial charge in [-0.3, -0.25) is 24.6 Å². The molecule has 0 spiro atoms. The largest absolute Gasteiger partial charge is 0.368 e. The third kappa shape index (κ3) is 4.37. The second kappa shape index (κ2) is 7.82. The normalized spacial score (nSPS) is 15.7. The number of nitro groups is 1.